The van der Waals surface area contributed by atoms with Crippen LogP contribution >= 0.6 is 23.0 Å². The Bertz CT molecular complexity index is 161. The van der Waals surface area contributed by atoms with Gasteiger partial charge in [0.05, 0.1) is 5.92 Å². The van der Waals surface area contributed by atoms with E-state index in [-0.39, 0.29) is 18.0 Å². The first-order valence-corrected chi connectivity index (χ1v) is 4.19. The Morgan fingerprint density at radius 3 is 2.91 bits per heavy atom. The van der Waals surface area contributed by atoms with Gasteiger partial charge < -0.3 is 9.84 Å². The van der Waals surface area contributed by atoms with Crippen molar-refractivity contribution in [3.63, 3.8) is 0 Å². The maximum absolute atomic E-state index is 10.6. The lowest BCUT2D eigenvalue weighted by Crippen LogP contribution is -2.45. The molecule has 0 aromatic heterocycles. The summed E-state index contributed by atoms with van der Waals surface area (Å²) < 4.78 is 9.32. The topological polar surface area (TPSA) is 55.8 Å². The molecule has 64 valence electrons. The zero-order valence-electron chi connectivity index (χ0n) is 5.99. The smallest absolute Gasteiger partial charge is 0.312 e. The van der Waals surface area contributed by atoms with Gasteiger partial charge in [-0.1, -0.05) is 0 Å². The van der Waals surface area contributed by atoms with E-state index in [1.165, 1.54) is 0 Å². The van der Waals surface area contributed by atoms with Gasteiger partial charge >= 0.3 is 5.97 Å². The summed E-state index contributed by atoms with van der Waals surface area (Å²) >= 11 is 1.61. The summed E-state index contributed by atoms with van der Waals surface area (Å²) in [6.07, 6.45) is -0.654. The van der Waals surface area contributed by atoms with Crippen LogP contribution < -0.4 is 0 Å². The average molecular weight is 272 g/mol. The molecule has 0 radical (unpaired) electrons. The van der Waals surface area contributed by atoms with Gasteiger partial charge in [0.2, 0.25) is 0 Å². The van der Waals surface area contributed by atoms with E-state index in [0.29, 0.717) is 6.42 Å². The van der Waals surface area contributed by atoms with E-state index in [1.54, 1.807) is 29.9 Å². The molecule has 1 N–H and O–H groups in total. The van der Waals surface area contributed by atoms with E-state index in [4.69, 9.17) is 9.84 Å². The molecule has 1 saturated heterocycles. The highest BCUT2D eigenvalue weighted by Crippen LogP contribution is 2.25. The van der Waals surface area contributed by atoms with Gasteiger partial charge in [-0.25, -0.2) is 0 Å². The highest BCUT2D eigenvalue weighted by molar-refractivity contribution is 14.1. The molecular weight excluding hydrogens is 263 g/mol. The number of halogens is 1. The van der Waals surface area contributed by atoms with Crippen LogP contribution in [0.2, 0.25) is 0 Å². The number of carbonyl (C=O) groups is 1. The quantitative estimate of drug-likeness (QED) is 0.465. The molecule has 1 rings (SSSR count). The van der Waals surface area contributed by atoms with Gasteiger partial charge in [-0.2, -0.15) is 0 Å². The van der Waals surface area contributed by atoms with E-state index in [1.807, 2.05) is 0 Å². The lowest BCUT2D eigenvalue weighted by Gasteiger charge is -2.33. The molecule has 1 aliphatic rings. The molecule has 0 saturated carbocycles. The van der Waals surface area contributed by atoms with Crippen LogP contribution in [0, 0.1) is 5.92 Å². The number of esters is 1. The first kappa shape index (κ1) is 9.21. The van der Waals surface area contributed by atoms with Crippen LogP contribution in [0.3, 0.4) is 0 Å². The number of ether oxygens (including phenoxy) is 1. The number of aliphatic hydroxyl groups is 1. The van der Waals surface area contributed by atoms with Crippen molar-refractivity contribution in [3.8, 4) is 0 Å². The Balaban J connectivity index is 2.24. The van der Waals surface area contributed by atoms with Gasteiger partial charge in [0.15, 0.2) is 6.29 Å². The third-order valence-corrected chi connectivity index (χ3v) is 2.32. The molecule has 5 heteroatoms. The lowest BCUT2D eigenvalue weighted by molar-refractivity contribution is -0.189. The second-order valence-corrected chi connectivity index (χ2v) is 3.05. The molecule has 0 aliphatic carbocycles. The van der Waals surface area contributed by atoms with Crippen LogP contribution in [0.25, 0.3) is 0 Å². The zero-order chi connectivity index (χ0) is 8.43. The van der Waals surface area contributed by atoms with Gasteiger partial charge in [0, 0.05) is 6.42 Å². The Kier molecular flexibility index (Phi) is 3.08. The summed E-state index contributed by atoms with van der Waals surface area (Å²) in [6.45, 7) is 1.77. The molecule has 11 heavy (non-hydrogen) atoms. The van der Waals surface area contributed by atoms with E-state index in [9.17, 15) is 4.79 Å². The molecule has 1 fully saturated rings. The van der Waals surface area contributed by atoms with Crippen molar-refractivity contribution in [1.82, 2.24) is 0 Å². The fourth-order valence-electron chi connectivity index (χ4n) is 0.925. The monoisotopic (exact) mass is 272 g/mol. The van der Waals surface area contributed by atoms with Crippen LogP contribution in [0.1, 0.15) is 13.3 Å². The molecule has 3 atom stereocenters. The van der Waals surface area contributed by atoms with Gasteiger partial charge in [-0.15, -0.1) is 0 Å². The summed E-state index contributed by atoms with van der Waals surface area (Å²) in [5.74, 6) is -0.299. The Morgan fingerprint density at radius 1 is 1.91 bits per heavy atom. The Labute approximate surface area is 78.6 Å². The van der Waals surface area contributed by atoms with E-state index in [2.05, 4.69) is 3.07 Å². The molecule has 4 nitrogen and oxygen atoms in total. The molecular formula is C6H9IO4. The highest BCUT2D eigenvalue weighted by Gasteiger charge is 2.39. The number of aliphatic hydroxyl groups excluding tert-OH is 1. The van der Waals surface area contributed by atoms with E-state index >= 15 is 0 Å². The Hall–Kier alpha value is 0.120. The second-order valence-electron chi connectivity index (χ2n) is 2.54. The lowest BCUT2D eigenvalue weighted by atomic mass is 9.96. The third-order valence-electron chi connectivity index (χ3n) is 1.73. The van der Waals surface area contributed by atoms with Crippen LogP contribution in [0.4, 0.5) is 0 Å². The summed E-state index contributed by atoms with van der Waals surface area (Å²) in [6, 6.07) is 0. The number of hydrogen-bond donors (Lipinski definition) is 1. The fraction of sp³-hybridized carbons (Fsp3) is 0.833. The molecule has 0 aromatic carbocycles. The number of rotatable bonds is 3. The normalized spacial score (nSPS) is 32.5. The molecule has 1 aliphatic heterocycles. The van der Waals surface area contributed by atoms with Crippen molar-refractivity contribution in [2.75, 3.05) is 0 Å². The van der Waals surface area contributed by atoms with E-state index in [0.717, 1.165) is 0 Å². The second kappa shape index (κ2) is 3.68. The zero-order valence-corrected chi connectivity index (χ0v) is 8.15. The van der Waals surface area contributed by atoms with Gasteiger partial charge in [-0.05, 0) is 6.92 Å². The molecule has 0 bridgehead atoms. The molecule has 0 aromatic rings. The third kappa shape index (κ3) is 2.03. The van der Waals surface area contributed by atoms with E-state index < -0.39 is 6.29 Å². The van der Waals surface area contributed by atoms with Crippen molar-refractivity contribution < 1.29 is 17.7 Å². The minimum Gasteiger partial charge on any atom is -0.461 e. The predicted octanol–water partition coefficient (Wildman–Crippen LogP) is 0.623. The summed E-state index contributed by atoms with van der Waals surface area (Å²) in [7, 11) is 0. The molecule has 0 unspecified atom stereocenters. The maximum Gasteiger partial charge on any atom is 0.312 e. The van der Waals surface area contributed by atoms with Crippen molar-refractivity contribution >= 4 is 29.0 Å². The highest BCUT2D eigenvalue weighted by atomic mass is 127. The maximum atomic E-state index is 10.6. The summed E-state index contributed by atoms with van der Waals surface area (Å²) in [5, 5.41) is 8.98. The summed E-state index contributed by atoms with van der Waals surface area (Å²) in [5.41, 5.74) is 0. The number of hydrogen-bond acceptors (Lipinski definition) is 4. The number of cyclic esters (lactones) is 1. The van der Waals surface area contributed by atoms with Crippen molar-refractivity contribution in [3.05, 3.63) is 0 Å². The first-order chi connectivity index (χ1) is 5.15. The SMILES string of the molecule is C[C@H]1C(=O)O[C@@H]1C[C@H](O)OI. The first-order valence-electron chi connectivity index (χ1n) is 3.31. The molecule has 0 spiro atoms. The van der Waals surface area contributed by atoms with Gasteiger partial charge in [-0.3, -0.25) is 7.86 Å². The van der Waals surface area contributed by atoms with Crippen LogP contribution in [0.15, 0.2) is 0 Å². The van der Waals surface area contributed by atoms with Crippen molar-refractivity contribution in [1.29, 1.82) is 0 Å². The van der Waals surface area contributed by atoms with Crippen molar-refractivity contribution in [2.24, 2.45) is 5.92 Å². The van der Waals surface area contributed by atoms with Crippen molar-refractivity contribution in [2.45, 2.75) is 25.7 Å². The minimum atomic E-state index is -0.837. The molecule has 0 amide bonds. The van der Waals surface area contributed by atoms with Gasteiger partial charge in [0.25, 0.3) is 0 Å². The van der Waals surface area contributed by atoms with Crippen LogP contribution in [0.5, 0.6) is 0 Å². The summed E-state index contributed by atoms with van der Waals surface area (Å²) in [4.78, 5) is 10.6. The molecule has 1 heterocycles. The standard InChI is InChI=1S/C6H9IO4/c1-3-4(10-6(3)9)2-5(8)11-7/h3-5,8H,2H2,1H3/t3-,4-,5-/m1/s1. The van der Waals surface area contributed by atoms with Crippen LogP contribution in [-0.4, -0.2) is 23.5 Å². The van der Waals surface area contributed by atoms with Gasteiger partial charge in [0.1, 0.15) is 29.1 Å². The minimum absolute atomic E-state index is 0.101. The van der Waals surface area contributed by atoms with Crippen LogP contribution in [-0.2, 0) is 12.6 Å². The Morgan fingerprint density at radius 2 is 2.55 bits per heavy atom. The fourth-order valence-corrected chi connectivity index (χ4v) is 1.13. The predicted molar refractivity (Wildman–Crippen MR) is 44.8 cm³/mol. The average Bonchev–Trinajstić information content (AvgIpc) is 2.03. The largest absolute Gasteiger partial charge is 0.461 e. The number of carbonyl (C=O) groups excluding carboxylic acids is 1.